The quantitative estimate of drug-likeness (QED) is 0.424. The fraction of sp³-hybridized carbons (Fsp3) is 0.179. The van der Waals surface area contributed by atoms with Gasteiger partial charge in [-0.2, -0.15) is 5.10 Å². The third-order valence-corrected chi connectivity index (χ3v) is 6.88. The number of hydrazone groups is 1. The topological polar surface area (TPSA) is 63.5 Å². The van der Waals surface area contributed by atoms with Crippen molar-refractivity contribution in [3.63, 3.8) is 0 Å². The number of carbonyl (C=O) groups is 1. The number of fused-ring (bicyclic) bond motifs is 1. The summed E-state index contributed by atoms with van der Waals surface area (Å²) in [7, 11) is 3.27. The monoisotopic (exact) mass is 483 g/mol. The van der Waals surface area contributed by atoms with Crippen LogP contribution in [0.1, 0.15) is 27.0 Å². The van der Waals surface area contributed by atoms with Crippen LogP contribution in [-0.2, 0) is 6.42 Å². The van der Waals surface area contributed by atoms with Crippen molar-refractivity contribution in [1.29, 1.82) is 0 Å². The van der Waals surface area contributed by atoms with E-state index in [0.717, 1.165) is 39.5 Å². The standard InChI is InChI=1S/C28H25N3O3S/c1-18-9-11-21(12-10-18)31-26(35-28(30-31)27(32)19-7-5-4-6-8-19)17-23-22-16-25(34-3)24(33-2)15-20(22)13-14-29-23/h4-12,15-17H,13-14H2,1-3H3/b26-17-. The van der Waals surface area contributed by atoms with Gasteiger partial charge in [-0.25, -0.2) is 5.01 Å². The van der Waals surface area contributed by atoms with E-state index >= 15 is 0 Å². The van der Waals surface area contributed by atoms with E-state index in [1.165, 1.54) is 11.8 Å². The first kappa shape index (κ1) is 22.9. The van der Waals surface area contributed by atoms with Gasteiger partial charge < -0.3 is 9.47 Å². The second-order valence-electron chi connectivity index (χ2n) is 8.21. The number of hydrogen-bond acceptors (Lipinski definition) is 7. The molecular weight excluding hydrogens is 458 g/mol. The highest BCUT2D eigenvalue weighted by molar-refractivity contribution is 8.19. The van der Waals surface area contributed by atoms with Crippen LogP contribution in [-0.4, -0.2) is 37.3 Å². The van der Waals surface area contributed by atoms with Crippen molar-refractivity contribution in [1.82, 2.24) is 0 Å². The van der Waals surface area contributed by atoms with Crippen molar-refractivity contribution < 1.29 is 14.3 Å². The lowest BCUT2D eigenvalue weighted by Crippen LogP contribution is -2.15. The zero-order valence-electron chi connectivity index (χ0n) is 19.8. The molecule has 0 fully saturated rings. The van der Waals surface area contributed by atoms with E-state index < -0.39 is 0 Å². The molecule has 5 rings (SSSR count). The Bertz CT molecular complexity index is 1360. The largest absolute Gasteiger partial charge is 0.493 e. The summed E-state index contributed by atoms with van der Waals surface area (Å²) in [5.41, 5.74) is 5.62. The number of allylic oxidation sites excluding steroid dienone is 1. The molecular formula is C28H25N3O3S. The van der Waals surface area contributed by atoms with Gasteiger partial charge in [-0.1, -0.05) is 48.0 Å². The average molecular weight is 484 g/mol. The van der Waals surface area contributed by atoms with Crippen LogP contribution in [0.25, 0.3) is 0 Å². The van der Waals surface area contributed by atoms with Crippen molar-refractivity contribution in [2.75, 3.05) is 25.8 Å². The Kier molecular flexibility index (Phi) is 6.42. The van der Waals surface area contributed by atoms with Gasteiger partial charge in [0.05, 0.1) is 25.6 Å². The number of Topliss-reactive ketones (excluding diaryl/α,β-unsaturated/α-hetero) is 1. The third kappa shape index (κ3) is 4.59. The van der Waals surface area contributed by atoms with Crippen LogP contribution in [0.15, 0.2) is 87.9 Å². The van der Waals surface area contributed by atoms with Gasteiger partial charge in [0, 0.05) is 17.7 Å². The zero-order chi connectivity index (χ0) is 24.4. The highest BCUT2D eigenvalue weighted by Gasteiger charge is 2.29. The van der Waals surface area contributed by atoms with E-state index in [9.17, 15) is 4.79 Å². The number of aliphatic imine (C=N–C) groups is 1. The minimum Gasteiger partial charge on any atom is -0.493 e. The number of ether oxygens (including phenoxy) is 2. The number of rotatable bonds is 6. The predicted molar refractivity (Wildman–Crippen MR) is 142 cm³/mol. The van der Waals surface area contributed by atoms with Crippen molar-refractivity contribution in [2.45, 2.75) is 13.3 Å². The van der Waals surface area contributed by atoms with Crippen molar-refractivity contribution in [3.05, 3.63) is 100 Å². The Balaban J connectivity index is 1.55. The van der Waals surface area contributed by atoms with Crippen LogP contribution < -0.4 is 14.5 Å². The Hall–Kier alpha value is -3.84. The SMILES string of the molecule is COc1cc2c(cc1OC)C(/C=C1\SC(C(=O)c3ccccc3)=NN1c1ccc(C)cc1)=NCC2. The molecule has 0 radical (unpaired) electrons. The van der Waals surface area contributed by atoms with Crippen molar-refractivity contribution in [2.24, 2.45) is 10.1 Å². The van der Waals surface area contributed by atoms with Gasteiger partial charge in [-0.15, -0.1) is 0 Å². The van der Waals surface area contributed by atoms with Crippen molar-refractivity contribution in [3.8, 4) is 11.5 Å². The number of thioether (sulfide) groups is 1. The minimum absolute atomic E-state index is 0.103. The molecule has 0 unspecified atom stereocenters. The maximum absolute atomic E-state index is 13.2. The second kappa shape index (κ2) is 9.80. The molecule has 0 atom stereocenters. The molecule has 2 aliphatic rings. The van der Waals surface area contributed by atoms with Gasteiger partial charge in [0.1, 0.15) is 5.03 Å². The number of hydrogen-bond donors (Lipinski definition) is 0. The summed E-state index contributed by atoms with van der Waals surface area (Å²) in [5.74, 6) is 1.26. The molecule has 0 N–H and O–H groups in total. The van der Waals surface area contributed by atoms with Crippen LogP contribution >= 0.6 is 11.8 Å². The molecule has 0 saturated heterocycles. The van der Waals surface area contributed by atoms with Gasteiger partial charge in [0.25, 0.3) is 0 Å². The molecule has 6 nitrogen and oxygen atoms in total. The molecule has 0 amide bonds. The Morgan fingerprint density at radius 2 is 1.71 bits per heavy atom. The first-order chi connectivity index (χ1) is 17.1. The average Bonchev–Trinajstić information content (AvgIpc) is 3.32. The van der Waals surface area contributed by atoms with Gasteiger partial charge >= 0.3 is 0 Å². The van der Waals surface area contributed by atoms with Crippen LogP contribution in [0.2, 0.25) is 0 Å². The van der Waals surface area contributed by atoms with E-state index in [2.05, 4.69) is 0 Å². The minimum atomic E-state index is -0.103. The molecule has 7 heteroatoms. The van der Waals surface area contributed by atoms with Crippen LogP contribution in [0, 0.1) is 6.92 Å². The number of aryl methyl sites for hydroxylation is 1. The molecule has 0 aliphatic carbocycles. The van der Waals surface area contributed by atoms with Crippen LogP contribution in [0.4, 0.5) is 5.69 Å². The summed E-state index contributed by atoms with van der Waals surface area (Å²) < 4.78 is 11.0. The molecule has 0 spiro atoms. The zero-order valence-corrected chi connectivity index (χ0v) is 20.6. The summed E-state index contributed by atoms with van der Waals surface area (Å²) in [6.45, 7) is 2.72. The van der Waals surface area contributed by atoms with E-state index in [-0.39, 0.29) is 5.78 Å². The molecule has 2 heterocycles. The number of carbonyl (C=O) groups excluding carboxylic acids is 1. The number of ketones is 1. The van der Waals surface area contributed by atoms with E-state index in [4.69, 9.17) is 19.6 Å². The Morgan fingerprint density at radius 3 is 2.43 bits per heavy atom. The Morgan fingerprint density at radius 1 is 1.00 bits per heavy atom. The highest BCUT2D eigenvalue weighted by Crippen LogP contribution is 2.38. The third-order valence-electron chi connectivity index (χ3n) is 5.92. The molecule has 35 heavy (non-hydrogen) atoms. The summed E-state index contributed by atoms with van der Waals surface area (Å²) in [6.07, 6.45) is 2.83. The molecule has 0 aromatic heterocycles. The maximum atomic E-state index is 13.2. The molecule has 3 aromatic rings. The number of methoxy groups -OCH3 is 2. The lowest BCUT2D eigenvalue weighted by Gasteiger charge is -2.20. The first-order valence-corrected chi connectivity index (χ1v) is 12.1. The number of benzene rings is 3. The lowest BCUT2D eigenvalue weighted by atomic mass is 9.96. The lowest BCUT2D eigenvalue weighted by molar-refractivity contribution is 0.106. The fourth-order valence-corrected chi connectivity index (χ4v) is 4.99. The highest BCUT2D eigenvalue weighted by atomic mass is 32.2. The van der Waals surface area contributed by atoms with Gasteiger partial charge in [-0.3, -0.25) is 9.79 Å². The van der Waals surface area contributed by atoms with E-state index in [1.54, 1.807) is 14.2 Å². The molecule has 2 aliphatic heterocycles. The summed E-state index contributed by atoms with van der Waals surface area (Å²) >= 11 is 1.36. The molecule has 0 bridgehead atoms. The van der Waals surface area contributed by atoms with Gasteiger partial charge in [-0.05, 0) is 61.0 Å². The van der Waals surface area contributed by atoms with Crippen LogP contribution in [0.3, 0.4) is 0 Å². The smallest absolute Gasteiger partial charge is 0.220 e. The van der Waals surface area contributed by atoms with E-state index in [1.807, 2.05) is 84.7 Å². The molecule has 3 aromatic carbocycles. The van der Waals surface area contributed by atoms with Crippen molar-refractivity contribution >= 4 is 34.0 Å². The predicted octanol–water partition coefficient (Wildman–Crippen LogP) is 5.65. The summed E-state index contributed by atoms with van der Waals surface area (Å²) in [5, 5.41) is 7.78. The number of nitrogens with zero attached hydrogens (tertiary/aromatic N) is 3. The molecule has 0 saturated carbocycles. The maximum Gasteiger partial charge on any atom is 0.220 e. The fourth-order valence-electron chi connectivity index (χ4n) is 4.06. The summed E-state index contributed by atoms with van der Waals surface area (Å²) in [4.78, 5) is 18.0. The van der Waals surface area contributed by atoms with Crippen LogP contribution in [0.5, 0.6) is 11.5 Å². The summed E-state index contributed by atoms with van der Waals surface area (Å²) in [6, 6.07) is 21.3. The number of anilines is 1. The van der Waals surface area contributed by atoms with E-state index in [0.29, 0.717) is 28.7 Å². The normalized spacial score (nSPS) is 16.0. The first-order valence-electron chi connectivity index (χ1n) is 11.3. The van der Waals surface area contributed by atoms with Gasteiger partial charge in [0.2, 0.25) is 5.78 Å². The second-order valence-corrected chi connectivity index (χ2v) is 9.22. The molecule has 176 valence electrons. The van der Waals surface area contributed by atoms with Gasteiger partial charge in [0.15, 0.2) is 16.5 Å². The Labute approximate surface area is 209 Å².